The molecule has 1 saturated heterocycles. The highest BCUT2D eigenvalue weighted by molar-refractivity contribution is 9.10. The molecule has 0 aliphatic carbocycles. The normalized spacial score (nSPS) is 20.8. The lowest BCUT2D eigenvalue weighted by Gasteiger charge is -2.11. The van der Waals surface area contributed by atoms with Crippen molar-refractivity contribution >= 4 is 27.7 Å². The standard InChI is InChI=1S/C11H13BrFNS/c12-9-3-8(4-10(13)5-9)6-14-11-1-2-15-7-11/h3-5,11,14H,1-2,6-7H2. The highest BCUT2D eigenvalue weighted by Crippen LogP contribution is 2.18. The maximum Gasteiger partial charge on any atom is 0.124 e. The van der Waals surface area contributed by atoms with Crippen LogP contribution in [-0.2, 0) is 6.54 Å². The molecule has 1 aromatic rings. The SMILES string of the molecule is Fc1cc(Br)cc(CNC2CCSC2)c1. The highest BCUT2D eigenvalue weighted by atomic mass is 79.9. The van der Waals surface area contributed by atoms with Crippen molar-refractivity contribution in [1.82, 2.24) is 5.32 Å². The lowest BCUT2D eigenvalue weighted by molar-refractivity contribution is 0.554. The molecule has 1 fully saturated rings. The zero-order chi connectivity index (χ0) is 10.7. The Balaban J connectivity index is 1.92. The van der Waals surface area contributed by atoms with Gasteiger partial charge in [0.15, 0.2) is 0 Å². The van der Waals surface area contributed by atoms with E-state index in [1.165, 1.54) is 24.0 Å². The lowest BCUT2D eigenvalue weighted by atomic mass is 10.2. The number of thioether (sulfide) groups is 1. The number of halogens is 2. The molecule has 0 bridgehead atoms. The number of hydrogen-bond acceptors (Lipinski definition) is 2. The Kier molecular flexibility index (Phi) is 4.05. The molecule has 0 radical (unpaired) electrons. The van der Waals surface area contributed by atoms with Crippen molar-refractivity contribution in [3.8, 4) is 0 Å². The predicted molar refractivity (Wildman–Crippen MR) is 66.7 cm³/mol. The third-order valence-corrected chi connectivity index (χ3v) is 4.07. The summed E-state index contributed by atoms with van der Waals surface area (Å²) in [6.07, 6.45) is 1.22. The van der Waals surface area contributed by atoms with Crippen LogP contribution in [0.2, 0.25) is 0 Å². The van der Waals surface area contributed by atoms with Gasteiger partial charge in [0.25, 0.3) is 0 Å². The van der Waals surface area contributed by atoms with E-state index in [-0.39, 0.29) is 5.82 Å². The van der Waals surface area contributed by atoms with E-state index in [9.17, 15) is 4.39 Å². The van der Waals surface area contributed by atoms with Gasteiger partial charge in [0.2, 0.25) is 0 Å². The van der Waals surface area contributed by atoms with Crippen molar-refractivity contribution in [3.63, 3.8) is 0 Å². The van der Waals surface area contributed by atoms with Gasteiger partial charge in [0, 0.05) is 22.8 Å². The second-order valence-corrected chi connectivity index (χ2v) is 5.78. The van der Waals surface area contributed by atoms with Crippen molar-refractivity contribution in [2.45, 2.75) is 19.0 Å². The minimum atomic E-state index is -0.179. The van der Waals surface area contributed by atoms with Gasteiger partial charge in [-0.05, 0) is 35.9 Å². The molecular weight excluding hydrogens is 277 g/mol. The fourth-order valence-electron chi connectivity index (χ4n) is 1.67. The Bertz CT molecular complexity index is 319. The average molecular weight is 290 g/mol. The van der Waals surface area contributed by atoms with Gasteiger partial charge >= 0.3 is 0 Å². The van der Waals surface area contributed by atoms with Gasteiger partial charge < -0.3 is 5.32 Å². The summed E-state index contributed by atoms with van der Waals surface area (Å²) >= 11 is 5.27. The highest BCUT2D eigenvalue weighted by Gasteiger charge is 2.14. The summed E-state index contributed by atoms with van der Waals surface area (Å²) in [5.74, 6) is 2.24. The van der Waals surface area contributed by atoms with Crippen LogP contribution >= 0.6 is 27.7 Å². The van der Waals surface area contributed by atoms with E-state index in [0.29, 0.717) is 6.04 Å². The molecule has 1 aliphatic rings. The van der Waals surface area contributed by atoms with E-state index < -0.39 is 0 Å². The first-order valence-corrected chi connectivity index (χ1v) is 6.95. The summed E-state index contributed by atoms with van der Waals surface area (Å²) in [7, 11) is 0. The van der Waals surface area contributed by atoms with E-state index in [1.807, 2.05) is 17.8 Å². The van der Waals surface area contributed by atoms with Crippen LogP contribution in [0.15, 0.2) is 22.7 Å². The average Bonchev–Trinajstić information content (AvgIpc) is 2.65. The quantitative estimate of drug-likeness (QED) is 0.917. The van der Waals surface area contributed by atoms with Gasteiger partial charge in [0.1, 0.15) is 5.82 Å². The molecule has 1 N–H and O–H groups in total. The van der Waals surface area contributed by atoms with Crippen molar-refractivity contribution < 1.29 is 4.39 Å². The van der Waals surface area contributed by atoms with Crippen molar-refractivity contribution in [2.75, 3.05) is 11.5 Å². The molecule has 15 heavy (non-hydrogen) atoms. The molecule has 1 aromatic carbocycles. The molecule has 1 heterocycles. The van der Waals surface area contributed by atoms with Crippen LogP contribution in [0, 0.1) is 5.82 Å². The van der Waals surface area contributed by atoms with E-state index in [1.54, 1.807) is 6.07 Å². The van der Waals surface area contributed by atoms with Crippen molar-refractivity contribution in [2.24, 2.45) is 0 Å². The molecule has 0 amide bonds. The summed E-state index contributed by atoms with van der Waals surface area (Å²) in [4.78, 5) is 0. The first kappa shape index (κ1) is 11.4. The van der Waals surface area contributed by atoms with E-state index in [4.69, 9.17) is 0 Å². The van der Waals surface area contributed by atoms with Crippen LogP contribution in [0.3, 0.4) is 0 Å². The molecule has 2 rings (SSSR count). The molecule has 1 aliphatic heterocycles. The van der Waals surface area contributed by atoms with E-state index in [0.717, 1.165) is 16.6 Å². The van der Waals surface area contributed by atoms with Gasteiger partial charge in [-0.15, -0.1) is 0 Å². The molecule has 0 saturated carbocycles. The summed E-state index contributed by atoms with van der Waals surface area (Å²) in [6, 6.07) is 5.62. The smallest absolute Gasteiger partial charge is 0.124 e. The van der Waals surface area contributed by atoms with Gasteiger partial charge in [-0.2, -0.15) is 11.8 Å². The minimum Gasteiger partial charge on any atom is -0.309 e. The Morgan fingerprint density at radius 1 is 1.47 bits per heavy atom. The largest absolute Gasteiger partial charge is 0.309 e. The number of benzene rings is 1. The fraction of sp³-hybridized carbons (Fsp3) is 0.455. The zero-order valence-corrected chi connectivity index (χ0v) is 10.7. The second-order valence-electron chi connectivity index (χ2n) is 3.72. The van der Waals surface area contributed by atoms with Crippen LogP contribution in [-0.4, -0.2) is 17.5 Å². The van der Waals surface area contributed by atoms with E-state index >= 15 is 0 Å². The third kappa shape index (κ3) is 3.47. The summed E-state index contributed by atoms with van der Waals surface area (Å²) < 4.78 is 13.9. The third-order valence-electron chi connectivity index (χ3n) is 2.45. The molecule has 82 valence electrons. The maximum absolute atomic E-state index is 13.1. The maximum atomic E-state index is 13.1. The molecular formula is C11H13BrFNS. The minimum absolute atomic E-state index is 0.179. The molecule has 1 atom stereocenters. The predicted octanol–water partition coefficient (Wildman–Crippen LogP) is 3.18. The van der Waals surface area contributed by atoms with Gasteiger partial charge in [-0.1, -0.05) is 15.9 Å². The van der Waals surface area contributed by atoms with E-state index in [2.05, 4.69) is 21.2 Å². The number of rotatable bonds is 3. The van der Waals surface area contributed by atoms with Crippen molar-refractivity contribution in [3.05, 3.63) is 34.1 Å². The Morgan fingerprint density at radius 3 is 3.00 bits per heavy atom. The van der Waals surface area contributed by atoms with Crippen LogP contribution in [0.1, 0.15) is 12.0 Å². The fourth-order valence-corrected chi connectivity index (χ4v) is 3.37. The molecule has 4 heteroatoms. The van der Waals surface area contributed by atoms with Gasteiger partial charge in [0.05, 0.1) is 0 Å². The Morgan fingerprint density at radius 2 is 2.33 bits per heavy atom. The lowest BCUT2D eigenvalue weighted by Crippen LogP contribution is -2.27. The monoisotopic (exact) mass is 289 g/mol. The number of hydrogen-bond donors (Lipinski definition) is 1. The van der Waals surface area contributed by atoms with Crippen LogP contribution in [0.4, 0.5) is 4.39 Å². The van der Waals surface area contributed by atoms with Crippen LogP contribution in [0.5, 0.6) is 0 Å². The molecule has 1 unspecified atom stereocenters. The summed E-state index contributed by atoms with van der Waals surface area (Å²) in [6.45, 7) is 0.752. The zero-order valence-electron chi connectivity index (χ0n) is 8.30. The summed E-state index contributed by atoms with van der Waals surface area (Å²) in [5, 5.41) is 3.44. The van der Waals surface area contributed by atoms with Gasteiger partial charge in [-0.3, -0.25) is 0 Å². The van der Waals surface area contributed by atoms with Gasteiger partial charge in [-0.25, -0.2) is 4.39 Å². The topological polar surface area (TPSA) is 12.0 Å². The molecule has 1 nitrogen and oxygen atoms in total. The summed E-state index contributed by atoms with van der Waals surface area (Å²) in [5.41, 5.74) is 0.999. The molecule has 0 spiro atoms. The number of nitrogens with one attached hydrogen (secondary N) is 1. The van der Waals surface area contributed by atoms with Crippen molar-refractivity contribution in [1.29, 1.82) is 0 Å². The Hall–Kier alpha value is -0.0600. The first-order valence-electron chi connectivity index (χ1n) is 5.00. The van der Waals surface area contributed by atoms with Crippen LogP contribution in [0.25, 0.3) is 0 Å². The van der Waals surface area contributed by atoms with Crippen LogP contribution < -0.4 is 5.32 Å². The Labute approximate surface area is 102 Å². The first-order chi connectivity index (χ1) is 7.24. The molecule has 0 aromatic heterocycles. The second kappa shape index (κ2) is 5.32.